The molecule has 0 aliphatic rings. The maximum absolute atomic E-state index is 5.37. The van der Waals surface area contributed by atoms with Gasteiger partial charge >= 0.3 is 0 Å². The van der Waals surface area contributed by atoms with Gasteiger partial charge in [0.05, 0.1) is 6.26 Å². The first-order valence-corrected chi connectivity index (χ1v) is 9.14. The Hall–Kier alpha value is -1.02. The minimum atomic E-state index is 0. The number of nitrogens with one attached hydrogen (secondary N) is 1. The van der Waals surface area contributed by atoms with E-state index < -0.39 is 0 Å². The molecule has 1 N–H and O–H groups in total. The van der Waals surface area contributed by atoms with Crippen molar-refractivity contribution in [3.63, 3.8) is 0 Å². The summed E-state index contributed by atoms with van der Waals surface area (Å²) in [6.07, 6.45) is 4.67. The van der Waals surface area contributed by atoms with E-state index in [1.807, 2.05) is 23.5 Å². The van der Waals surface area contributed by atoms with Crippen molar-refractivity contribution in [2.75, 3.05) is 20.1 Å². The number of guanidine groups is 1. The molecular weight excluding hydrogens is 433 g/mol. The van der Waals surface area contributed by atoms with Gasteiger partial charge in [0, 0.05) is 37.5 Å². The molecule has 0 bridgehead atoms. The van der Waals surface area contributed by atoms with E-state index in [-0.39, 0.29) is 24.0 Å². The van der Waals surface area contributed by atoms with Gasteiger partial charge in [-0.1, -0.05) is 13.0 Å². The monoisotopic (exact) mass is 461 g/mol. The van der Waals surface area contributed by atoms with Crippen LogP contribution in [0.15, 0.2) is 45.3 Å². The lowest BCUT2D eigenvalue weighted by molar-refractivity contribution is 0.466. The molecule has 0 aromatic carbocycles. The van der Waals surface area contributed by atoms with Crippen molar-refractivity contribution in [1.29, 1.82) is 0 Å². The van der Waals surface area contributed by atoms with Gasteiger partial charge in [0.2, 0.25) is 0 Å². The Bertz CT molecular complexity index is 569. The summed E-state index contributed by atoms with van der Waals surface area (Å²) in [5, 5.41) is 5.66. The van der Waals surface area contributed by atoms with E-state index in [0.29, 0.717) is 6.04 Å². The number of rotatable bonds is 8. The van der Waals surface area contributed by atoms with Crippen LogP contribution in [0.3, 0.4) is 0 Å². The van der Waals surface area contributed by atoms with E-state index in [1.165, 1.54) is 4.88 Å². The highest BCUT2D eigenvalue weighted by Gasteiger charge is 2.10. The molecule has 0 saturated heterocycles. The Morgan fingerprint density at radius 2 is 2.17 bits per heavy atom. The minimum absolute atomic E-state index is 0. The molecule has 2 rings (SSSR count). The summed E-state index contributed by atoms with van der Waals surface area (Å²) in [7, 11) is 2.11. The second-order valence-corrected chi connectivity index (χ2v) is 6.77. The van der Waals surface area contributed by atoms with Crippen LogP contribution >= 0.6 is 35.3 Å². The van der Waals surface area contributed by atoms with E-state index in [2.05, 4.69) is 48.6 Å². The van der Waals surface area contributed by atoms with Gasteiger partial charge in [0.1, 0.15) is 5.76 Å². The van der Waals surface area contributed by atoms with Gasteiger partial charge < -0.3 is 14.6 Å². The zero-order valence-electron chi connectivity index (χ0n) is 14.7. The second-order valence-electron chi connectivity index (χ2n) is 5.74. The lowest BCUT2D eigenvalue weighted by Crippen LogP contribution is -2.44. The van der Waals surface area contributed by atoms with Crippen molar-refractivity contribution < 1.29 is 4.42 Å². The number of likely N-dealkylation sites (N-methyl/N-ethyl adjacent to an activating group) is 1. The molecule has 0 amide bonds. The van der Waals surface area contributed by atoms with Crippen LogP contribution in [0.25, 0.3) is 0 Å². The van der Waals surface area contributed by atoms with Crippen molar-refractivity contribution in [3.05, 3.63) is 46.5 Å². The van der Waals surface area contributed by atoms with Crippen LogP contribution in [0.2, 0.25) is 0 Å². The number of hydrogen-bond acceptors (Lipinski definition) is 3. The fraction of sp³-hybridized carbons (Fsp3) is 0.500. The van der Waals surface area contributed by atoms with E-state index in [1.54, 1.807) is 6.26 Å². The molecule has 0 fully saturated rings. The average Bonchev–Trinajstić information content (AvgIpc) is 3.24. The van der Waals surface area contributed by atoms with Crippen LogP contribution < -0.4 is 5.32 Å². The molecular formula is C18H28IN3OS. The number of hydrogen-bond donors (Lipinski definition) is 1. The molecule has 2 aromatic rings. The van der Waals surface area contributed by atoms with Crippen molar-refractivity contribution in [3.8, 4) is 0 Å². The van der Waals surface area contributed by atoms with E-state index in [4.69, 9.17) is 9.41 Å². The molecule has 0 spiro atoms. The molecule has 0 saturated carbocycles. The maximum Gasteiger partial charge on any atom is 0.193 e. The third kappa shape index (κ3) is 7.25. The normalized spacial score (nSPS) is 12.5. The van der Waals surface area contributed by atoms with Crippen LogP contribution in [-0.4, -0.2) is 37.0 Å². The molecule has 1 unspecified atom stereocenters. The molecule has 0 aliphatic carbocycles. The molecule has 6 heteroatoms. The summed E-state index contributed by atoms with van der Waals surface area (Å²) in [5.74, 6) is 1.96. The minimum Gasteiger partial charge on any atom is -0.469 e. The highest BCUT2D eigenvalue weighted by molar-refractivity contribution is 14.0. The summed E-state index contributed by atoms with van der Waals surface area (Å²) in [6.45, 7) is 6.07. The first kappa shape index (κ1) is 21.0. The molecule has 134 valence electrons. The Labute approximate surface area is 166 Å². The SMILES string of the molecule is CCC(C)NC(=NCCc1ccco1)N(C)CCc1cccs1.I. The van der Waals surface area contributed by atoms with Gasteiger partial charge in [-0.15, -0.1) is 35.3 Å². The fourth-order valence-corrected chi connectivity index (χ4v) is 2.86. The summed E-state index contributed by atoms with van der Waals surface area (Å²) in [4.78, 5) is 8.39. The number of thiophene rings is 1. The van der Waals surface area contributed by atoms with Gasteiger partial charge in [-0.3, -0.25) is 4.99 Å². The number of nitrogens with zero attached hydrogens (tertiary/aromatic N) is 2. The largest absolute Gasteiger partial charge is 0.469 e. The van der Waals surface area contributed by atoms with Crippen LogP contribution in [0.1, 0.15) is 30.9 Å². The number of halogens is 1. The lowest BCUT2D eigenvalue weighted by atomic mass is 10.2. The van der Waals surface area contributed by atoms with Crippen LogP contribution in [0.5, 0.6) is 0 Å². The molecule has 1 atom stereocenters. The van der Waals surface area contributed by atoms with Crippen molar-refractivity contribution >= 4 is 41.3 Å². The summed E-state index contributed by atoms with van der Waals surface area (Å²) < 4.78 is 5.37. The first-order valence-electron chi connectivity index (χ1n) is 8.26. The lowest BCUT2D eigenvalue weighted by Gasteiger charge is -2.25. The molecule has 0 aliphatic heterocycles. The fourth-order valence-electron chi connectivity index (χ4n) is 2.16. The topological polar surface area (TPSA) is 40.8 Å². The van der Waals surface area contributed by atoms with Crippen LogP contribution in [0.4, 0.5) is 0 Å². The van der Waals surface area contributed by atoms with Crippen molar-refractivity contribution in [1.82, 2.24) is 10.2 Å². The third-order valence-electron chi connectivity index (χ3n) is 3.82. The Morgan fingerprint density at radius 1 is 1.33 bits per heavy atom. The quantitative estimate of drug-likeness (QED) is 0.360. The molecule has 0 radical (unpaired) electrons. The summed E-state index contributed by atoms with van der Waals surface area (Å²) in [6, 6.07) is 8.63. The average molecular weight is 461 g/mol. The predicted molar refractivity (Wildman–Crippen MR) is 114 cm³/mol. The number of aliphatic imine (C=N–C) groups is 1. The zero-order valence-corrected chi connectivity index (χ0v) is 17.8. The maximum atomic E-state index is 5.37. The summed E-state index contributed by atoms with van der Waals surface area (Å²) in [5.41, 5.74) is 0. The van der Waals surface area contributed by atoms with Gasteiger partial charge in [-0.25, -0.2) is 0 Å². The van der Waals surface area contributed by atoms with Crippen molar-refractivity contribution in [2.45, 2.75) is 39.2 Å². The molecule has 2 heterocycles. The summed E-state index contributed by atoms with van der Waals surface area (Å²) >= 11 is 1.81. The van der Waals surface area contributed by atoms with Gasteiger partial charge in [0.25, 0.3) is 0 Å². The Kier molecular flexibility index (Phi) is 10.1. The van der Waals surface area contributed by atoms with Gasteiger partial charge in [-0.05, 0) is 43.3 Å². The van der Waals surface area contributed by atoms with E-state index in [0.717, 1.165) is 44.1 Å². The molecule has 24 heavy (non-hydrogen) atoms. The van der Waals surface area contributed by atoms with Gasteiger partial charge in [0.15, 0.2) is 5.96 Å². The standard InChI is InChI=1S/C18H27N3OS.HI/c1-4-15(2)20-18(19-11-9-16-7-5-13-22-16)21(3)12-10-17-8-6-14-23-17;/h5-8,13-15H,4,9-12H2,1-3H3,(H,19,20);1H. The molecule has 2 aromatic heterocycles. The number of furan rings is 1. The smallest absolute Gasteiger partial charge is 0.193 e. The Balaban J connectivity index is 0.00000288. The zero-order chi connectivity index (χ0) is 16.5. The first-order chi connectivity index (χ1) is 11.2. The van der Waals surface area contributed by atoms with Gasteiger partial charge in [-0.2, -0.15) is 0 Å². The van der Waals surface area contributed by atoms with Crippen molar-refractivity contribution in [2.24, 2.45) is 4.99 Å². The van der Waals surface area contributed by atoms with Crippen LogP contribution in [0, 0.1) is 0 Å². The highest BCUT2D eigenvalue weighted by Crippen LogP contribution is 2.09. The molecule has 4 nitrogen and oxygen atoms in total. The Morgan fingerprint density at radius 3 is 2.79 bits per heavy atom. The van der Waals surface area contributed by atoms with Crippen LogP contribution in [-0.2, 0) is 12.8 Å². The van der Waals surface area contributed by atoms with E-state index in [9.17, 15) is 0 Å². The third-order valence-corrected chi connectivity index (χ3v) is 4.76. The van der Waals surface area contributed by atoms with E-state index >= 15 is 0 Å². The predicted octanol–water partition coefficient (Wildman–Crippen LogP) is 4.42. The second kappa shape index (κ2) is 11.5. The highest BCUT2D eigenvalue weighted by atomic mass is 127.